The van der Waals surface area contributed by atoms with E-state index in [2.05, 4.69) is 49.1 Å². The van der Waals surface area contributed by atoms with E-state index in [1.54, 1.807) is 0 Å². The first-order valence-corrected chi connectivity index (χ1v) is 5.96. The normalized spacial score (nSPS) is 10.5. The highest BCUT2D eigenvalue weighted by Crippen LogP contribution is 2.17. The van der Waals surface area contributed by atoms with Crippen LogP contribution in [0.4, 0.5) is 5.82 Å². The lowest BCUT2D eigenvalue weighted by Crippen LogP contribution is -2.00. The molecule has 1 aromatic carbocycles. The fourth-order valence-corrected chi connectivity index (χ4v) is 1.85. The van der Waals surface area contributed by atoms with Crippen LogP contribution in [0.1, 0.15) is 5.56 Å². The van der Waals surface area contributed by atoms with Crippen molar-refractivity contribution in [2.75, 3.05) is 5.73 Å². The fourth-order valence-electron chi connectivity index (χ4n) is 1.27. The summed E-state index contributed by atoms with van der Waals surface area (Å²) in [6.45, 7) is 0.725. The van der Waals surface area contributed by atoms with Crippen LogP contribution in [0.15, 0.2) is 39.4 Å². The Morgan fingerprint density at radius 2 is 1.87 bits per heavy atom. The van der Waals surface area contributed by atoms with Gasteiger partial charge in [-0.15, -0.1) is 0 Å². The Kier molecular flexibility index (Phi) is 3.11. The summed E-state index contributed by atoms with van der Waals surface area (Å²) >= 11 is 6.72. The van der Waals surface area contributed by atoms with Crippen molar-refractivity contribution >= 4 is 37.7 Å². The van der Waals surface area contributed by atoms with Crippen LogP contribution in [0.5, 0.6) is 0 Å². The number of benzene rings is 1. The summed E-state index contributed by atoms with van der Waals surface area (Å²) in [6, 6.07) is 8.13. The second kappa shape index (κ2) is 4.37. The summed E-state index contributed by atoms with van der Waals surface area (Å²) in [6.07, 6.45) is 1.87. The summed E-state index contributed by atoms with van der Waals surface area (Å²) in [5, 5.41) is 4.16. The highest BCUT2D eigenvalue weighted by molar-refractivity contribution is 9.10. The van der Waals surface area contributed by atoms with E-state index in [-0.39, 0.29) is 0 Å². The maximum atomic E-state index is 5.63. The molecule has 0 radical (unpaired) electrons. The fraction of sp³-hybridized carbons (Fsp3) is 0.100. The Morgan fingerprint density at radius 3 is 2.40 bits per heavy atom. The molecule has 0 aliphatic rings. The van der Waals surface area contributed by atoms with Crippen LogP contribution in [-0.2, 0) is 6.54 Å². The maximum Gasteiger partial charge on any atom is 0.159 e. The number of hydrogen-bond donors (Lipinski definition) is 1. The van der Waals surface area contributed by atoms with Crippen LogP contribution in [0.2, 0.25) is 0 Å². The van der Waals surface area contributed by atoms with Gasteiger partial charge < -0.3 is 5.73 Å². The summed E-state index contributed by atoms with van der Waals surface area (Å²) in [5.41, 5.74) is 6.82. The lowest BCUT2D eigenvalue weighted by molar-refractivity contribution is 0.690. The van der Waals surface area contributed by atoms with Crippen molar-refractivity contribution in [3.05, 3.63) is 45.0 Å². The molecule has 2 aromatic rings. The molecule has 0 atom stereocenters. The first kappa shape index (κ1) is 10.7. The van der Waals surface area contributed by atoms with Crippen LogP contribution in [0.3, 0.4) is 0 Å². The van der Waals surface area contributed by atoms with Gasteiger partial charge in [-0.25, -0.2) is 0 Å². The lowest BCUT2D eigenvalue weighted by Gasteiger charge is -2.01. The third-order valence-corrected chi connectivity index (χ3v) is 3.14. The summed E-state index contributed by atoms with van der Waals surface area (Å²) in [4.78, 5) is 0. The molecule has 0 aliphatic carbocycles. The van der Waals surface area contributed by atoms with E-state index in [4.69, 9.17) is 5.73 Å². The second-order valence-corrected chi connectivity index (χ2v) is 4.96. The van der Waals surface area contributed by atoms with E-state index in [1.165, 1.54) is 5.56 Å². The van der Waals surface area contributed by atoms with Crippen molar-refractivity contribution in [3.63, 3.8) is 0 Å². The van der Waals surface area contributed by atoms with Crippen LogP contribution >= 0.6 is 31.9 Å². The molecule has 3 nitrogen and oxygen atoms in total. The molecule has 2 N–H and O–H groups in total. The van der Waals surface area contributed by atoms with Crippen LogP contribution in [0.25, 0.3) is 0 Å². The highest BCUT2D eigenvalue weighted by atomic mass is 79.9. The highest BCUT2D eigenvalue weighted by Gasteiger charge is 2.02. The largest absolute Gasteiger partial charge is 0.381 e. The molecule has 78 valence electrons. The summed E-state index contributed by atoms with van der Waals surface area (Å²) < 4.78 is 3.72. The van der Waals surface area contributed by atoms with Gasteiger partial charge in [0.25, 0.3) is 0 Å². The van der Waals surface area contributed by atoms with Crippen LogP contribution in [0, 0.1) is 0 Å². The van der Waals surface area contributed by atoms with Crippen molar-refractivity contribution < 1.29 is 0 Å². The molecule has 0 fully saturated rings. The van der Waals surface area contributed by atoms with E-state index in [9.17, 15) is 0 Å². The zero-order valence-corrected chi connectivity index (χ0v) is 11.0. The third kappa shape index (κ3) is 2.60. The van der Waals surface area contributed by atoms with Crippen molar-refractivity contribution in [1.82, 2.24) is 9.78 Å². The predicted molar refractivity (Wildman–Crippen MR) is 67.6 cm³/mol. The summed E-state index contributed by atoms with van der Waals surface area (Å²) in [7, 11) is 0. The molecule has 5 heteroatoms. The van der Waals surface area contributed by atoms with Gasteiger partial charge in [-0.1, -0.05) is 28.1 Å². The van der Waals surface area contributed by atoms with E-state index in [1.807, 2.05) is 23.0 Å². The molecule has 0 saturated carbocycles. The maximum absolute atomic E-state index is 5.63. The Morgan fingerprint density at radius 1 is 1.20 bits per heavy atom. The zero-order valence-electron chi connectivity index (χ0n) is 7.82. The number of nitrogen functional groups attached to an aromatic ring is 1. The van der Waals surface area contributed by atoms with Crippen molar-refractivity contribution in [1.29, 1.82) is 0 Å². The van der Waals surface area contributed by atoms with Gasteiger partial charge in [-0.05, 0) is 33.6 Å². The number of rotatable bonds is 2. The number of nitrogens with zero attached hydrogens (tertiary/aromatic N) is 2. The molecule has 0 bridgehead atoms. The molecule has 0 saturated heterocycles. The number of hydrogen-bond acceptors (Lipinski definition) is 2. The van der Waals surface area contributed by atoms with Crippen LogP contribution in [-0.4, -0.2) is 9.78 Å². The SMILES string of the molecule is Nc1nn(Cc2ccc(Br)cc2)cc1Br. The number of aromatic nitrogens is 2. The van der Waals surface area contributed by atoms with E-state index in [0.29, 0.717) is 5.82 Å². The molecule has 0 spiro atoms. The Labute approximate surface area is 105 Å². The second-order valence-electron chi connectivity index (χ2n) is 3.19. The molecule has 0 unspecified atom stereocenters. The minimum Gasteiger partial charge on any atom is -0.381 e. The molecule has 1 heterocycles. The molecule has 15 heavy (non-hydrogen) atoms. The first-order chi connectivity index (χ1) is 7.15. The number of nitrogens with two attached hydrogens (primary N) is 1. The standard InChI is InChI=1S/C10H9Br2N3/c11-8-3-1-7(2-4-8)5-15-6-9(12)10(13)14-15/h1-4,6H,5H2,(H2,13,14). The van der Waals surface area contributed by atoms with Gasteiger partial charge >= 0.3 is 0 Å². The van der Waals surface area contributed by atoms with E-state index < -0.39 is 0 Å². The monoisotopic (exact) mass is 329 g/mol. The van der Waals surface area contributed by atoms with E-state index >= 15 is 0 Å². The Hall–Kier alpha value is -0.810. The molecule has 0 aliphatic heterocycles. The van der Waals surface area contributed by atoms with Gasteiger partial charge in [0.1, 0.15) is 0 Å². The topological polar surface area (TPSA) is 43.8 Å². The van der Waals surface area contributed by atoms with Gasteiger partial charge in [0, 0.05) is 10.7 Å². The third-order valence-electron chi connectivity index (χ3n) is 2.00. The minimum atomic E-state index is 0.520. The first-order valence-electron chi connectivity index (χ1n) is 4.38. The van der Waals surface area contributed by atoms with Gasteiger partial charge in [-0.2, -0.15) is 5.10 Å². The molecule has 2 rings (SSSR count). The van der Waals surface area contributed by atoms with Gasteiger partial charge in [0.05, 0.1) is 11.0 Å². The zero-order chi connectivity index (χ0) is 10.8. The minimum absolute atomic E-state index is 0.520. The van der Waals surface area contributed by atoms with E-state index in [0.717, 1.165) is 15.5 Å². The summed E-state index contributed by atoms with van der Waals surface area (Å²) in [5.74, 6) is 0.520. The smallest absolute Gasteiger partial charge is 0.159 e. The predicted octanol–water partition coefficient (Wildman–Crippen LogP) is 3.04. The molecule has 1 aromatic heterocycles. The Balaban J connectivity index is 2.18. The van der Waals surface area contributed by atoms with Crippen molar-refractivity contribution in [2.24, 2.45) is 0 Å². The van der Waals surface area contributed by atoms with Crippen molar-refractivity contribution in [2.45, 2.75) is 6.54 Å². The number of anilines is 1. The lowest BCUT2D eigenvalue weighted by atomic mass is 10.2. The van der Waals surface area contributed by atoms with Gasteiger partial charge in [-0.3, -0.25) is 4.68 Å². The van der Waals surface area contributed by atoms with Gasteiger partial charge in [0.15, 0.2) is 5.82 Å². The van der Waals surface area contributed by atoms with Gasteiger partial charge in [0.2, 0.25) is 0 Å². The van der Waals surface area contributed by atoms with Crippen molar-refractivity contribution in [3.8, 4) is 0 Å². The quantitative estimate of drug-likeness (QED) is 0.919. The molecular formula is C10H9Br2N3. The molecular weight excluding hydrogens is 322 g/mol. The Bertz CT molecular complexity index is 443. The molecule has 0 amide bonds. The van der Waals surface area contributed by atoms with Crippen LogP contribution < -0.4 is 5.73 Å². The number of halogens is 2. The average molecular weight is 331 g/mol. The average Bonchev–Trinajstić information content (AvgIpc) is 2.50.